The van der Waals surface area contributed by atoms with Gasteiger partial charge in [-0.25, -0.2) is 0 Å². The first-order chi connectivity index (χ1) is 9.13. The second-order valence-electron chi connectivity index (χ2n) is 5.93. The highest BCUT2D eigenvalue weighted by Gasteiger charge is 2.26. The van der Waals surface area contributed by atoms with Gasteiger partial charge in [-0.05, 0) is 36.5 Å². The Labute approximate surface area is 125 Å². The van der Waals surface area contributed by atoms with Gasteiger partial charge < -0.3 is 10.1 Å². The molecule has 0 aromatic heterocycles. The topological polar surface area (TPSA) is 21.3 Å². The maximum absolute atomic E-state index is 5.41. The number of hydrogen-bond acceptors (Lipinski definition) is 2. The van der Waals surface area contributed by atoms with Crippen LogP contribution in [0.2, 0.25) is 0 Å². The van der Waals surface area contributed by atoms with E-state index in [1.54, 1.807) is 7.11 Å². The van der Waals surface area contributed by atoms with Gasteiger partial charge in [-0.3, -0.25) is 0 Å². The molecule has 1 fully saturated rings. The summed E-state index contributed by atoms with van der Waals surface area (Å²) < 4.78 is 6.51. The lowest BCUT2D eigenvalue weighted by Gasteiger charge is -2.33. The van der Waals surface area contributed by atoms with Crippen LogP contribution in [0.15, 0.2) is 22.7 Å². The molecule has 3 heteroatoms. The second-order valence-corrected chi connectivity index (χ2v) is 6.85. The first kappa shape index (κ1) is 14.9. The van der Waals surface area contributed by atoms with E-state index in [4.69, 9.17) is 4.74 Å². The highest BCUT2D eigenvalue weighted by molar-refractivity contribution is 9.10. The maximum Gasteiger partial charge on any atom is 0.123 e. The molecule has 2 nitrogen and oxygen atoms in total. The molecule has 0 unspecified atom stereocenters. The van der Waals surface area contributed by atoms with Gasteiger partial charge in [-0.1, -0.05) is 42.1 Å². The van der Waals surface area contributed by atoms with Crippen molar-refractivity contribution in [1.82, 2.24) is 5.32 Å². The lowest BCUT2D eigenvalue weighted by molar-refractivity contribution is 0.207. The van der Waals surface area contributed by atoms with Crippen molar-refractivity contribution in [1.29, 1.82) is 0 Å². The van der Waals surface area contributed by atoms with Crippen molar-refractivity contribution in [2.45, 2.75) is 45.6 Å². The number of ether oxygens (including phenoxy) is 1. The molecule has 1 aromatic rings. The molecule has 0 spiro atoms. The lowest BCUT2D eigenvalue weighted by Crippen LogP contribution is -2.33. The predicted molar refractivity (Wildman–Crippen MR) is 83.6 cm³/mol. The molecule has 0 atom stereocenters. The quantitative estimate of drug-likeness (QED) is 0.859. The summed E-state index contributed by atoms with van der Waals surface area (Å²) in [6, 6.07) is 6.17. The van der Waals surface area contributed by atoms with Crippen LogP contribution in [0.3, 0.4) is 0 Å². The Balaban J connectivity index is 1.90. The molecule has 1 aromatic carbocycles. The Morgan fingerprint density at radius 2 is 2.00 bits per heavy atom. The summed E-state index contributed by atoms with van der Waals surface area (Å²) in [7, 11) is 1.73. The fourth-order valence-corrected chi connectivity index (χ4v) is 3.37. The van der Waals surface area contributed by atoms with Crippen molar-refractivity contribution in [2.24, 2.45) is 5.41 Å². The minimum Gasteiger partial charge on any atom is -0.496 e. The van der Waals surface area contributed by atoms with Crippen LogP contribution >= 0.6 is 15.9 Å². The molecule has 1 aliphatic rings. The fourth-order valence-electron chi connectivity index (χ4n) is 2.97. The molecule has 1 aliphatic carbocycles. The van der Waals surface area contributed by atoms with Gasteiger partial charge in [0, 0.05) is 23.1 Å². The largest absolute Gasteiger partial charge is 0.496 e. The van der Waals surface area contributed by atoms with Gasteiger partial charge in [0.1, 0.15) is 5.75 Å². The Morgan fingerprint density at radius 3 is 2.68 bits per heavy atom. The van der Waals surface area contributed by atoms with E-state index in [1.165, 1.54) is 37.7 Å². The molecule has 19 heavy (non-hydrogen) atoms. The van der Waals surface area contributed by atoms with Gasteiger partial charge in [0.2, 0.25) is 0 Å². The van der Waals surface area contributed by atoms with E-state index < -0.39 is 0 Å². The minimum atomic E-state index is 0.484. The van der Waals surface area contributed by atoms with Crippen LogP contribution in [0.25, 0.3) is 0 Å². The number of hydrogen-bond donors (Lipinski definition) is 1. The first-order valence-electron chi connectivity index (χ1n) is 7.16. The Hall–Kier alpha value is -0.540. The van der Waals surface area contributed by atoms with Gasteiger partial charge in [0.05, 0.1) is 7.11 Å². The van der Waals surface area contributed by atoms with E-state index >= 15 is 0 Å². The number of nitrogens with one attached hydrogen (secondary N) is 1. The normalized spacial score (nSPS) is 18.3. The van der Waals surface area contributed by atoms with Crippen LogP contribution in [-0.4, -0.2) is 13.7 Å². The molecule has 0 heterocycles. The van der Waals surface area contributed by atoms with Crippen LogP contribution in [0.5, 0.6) is 5.75 Å². The van der Waals surface area contributed by atoms with Gasteiger partial charge >= 0.3 is 0 Å². The fraction of sp³-hybridized carbons (Fsp3) is 0.625. The molecular formula is C16H24BrNO. The average Bonchev–Trinajstić information content (AvgIpc) is 2.40. The molecule has 1 N–H and O–H groups in total. The van der Waals surface area contributed by atoms with Crippen molar-refractivity contribution in [2.75, 3.05) is 13.7 Å². The van der Waals surface area contributed by atoms with E-state index in [0.717, 1.165) is 23.3 Å². The Kier molecular flexibility index (Phi) is 5.28. The molecule has 0 saturated heterocycles. The van der Waals surface area contributed by atoms with Crippen LogP contribution in [-0.2, 0) is 6.54 Å². The zero-order valence-corrected chi connectivity index (χ0v) is 13.6. The van der Waals surface area contributed by atoms with Crippen LogP contribution in [0.1, 0.15) is 44.6 Å². The molecule has 0 aliphatic heterocycles. The van der Waals surface area contributed by atoms with Crippen LogP contribution < -0.4 is 10.1 Å². The average molecular weight is 326 g/mol. The third kappa shape index (κ3) is 4.22. The maximum atomic E-state index is 5.41. The SMILES string of the molecule is COc1ccc(Br)cc1CNCC1(C)CCCCC1. The molecular weight excluding hydrogens is 302 g/mol. The van der Waals surface area contributed by atoms with Crippen LogP contribution in [0, 0.1) is 5.41 Å². The van der Waals surface area contributed by atoms with Crippen molar-refractivity contribution in [3.8, 4) is 5.75 Å². The minimum absolute atomic E-state index is 0.484. The summed E-state index contributed by atoms with van der Waals surface area (Å²) in [5, 5.41) is 3.61. The van der Waals surface area contributed by atoms with Gasteiger partial charge in [0.15, 0.2) is 0 Å². The van der Waals surface area contributed by atoms with E-state index in [0.29, 0.717) is 5.41 Å². The molecule has 2 rings (SSSR count). The van der Waals surface area contributed by atoms with Crippen LogP contribution in [0.4, 0.5) is 0 Å². The standard InChI is InChI=1S/C16H24BrNO/c1-16(8-4-3-5-9-16)12-18-11-13-10-14(17)6-7-15(13)19-2/h6-7,10,18H,3-5,8-9,11-12H2,1-2H3. The van der Waals surface area contributed by atoms with E-state index in [1.807, 2.05) is 12.1 Å². The monoisotopic (exact) mass is 325 g/mol. The highest BCUT2D eigenvalue weighted by Crippen LogP contribution is 2.35. The van der Waals surface area contributed by atoms with Crippen molar-refractivity contribution in [3.05, 3.63) is 28.2 Å². The van der Waals surface area contributed by atoms with E-state index in [9.17, 15) is 0 Å². The van der Waals surface area contributed by atoms with Gasteiger partial charge in [-0.2, -0.15) is 0 Å². The Morgan fingerprint density at radius 1 is 1.26 bits per heavy atom. The summed E-state index contributed by atoms with van der Waals surface area (Å²) in [4.78, 5) is 0. The van der Waals surface area contributed by atoms with Gasteiger partial charge in [-0.15, -0.1) is 0 Å². The first-order valence-corrected chi connectivity index (χ1v) is 7.95. The van der Waals surface area contributed by atoms with Crippen molar-refractivity contribution in [3.63, 3.8) is 0 Å². The third-order valence-corrected chi connectivity index (χ3v) is 4.66. The molecule has 1 saturated carbocycles. The predicted octanol–water partition coefficient (Wildman–Crippen LogP) is 4.52. The lowest BCUT2D eigenvalue weighted by atomic mass is 9.76. The Bertz CT molecular complexity index is 413. The number of benzene rings is 1. The zero-order valence-electron chi connectivity index (χ0n) is 12.0. The zero-order chi connectivity index (χ0) is 13.7. The molecule has 106 valence electrons. The number of halogens is 1. The third-order valence-electron chi connectivity index (χ3n) is 4.17. The molecule has 0 radical (unpaired) electrons. The van der Waals surface area contributed by atoms with E-state index in [2.05, 4.69) is 34.2 Å². The summed E-state index contributed by atoms with van der Waals surface area (Å²) >= 11 is 3.52. The summed E-state index contributed by atoms with van der Waals surface area (Å²) in [6.45, 7) is 4.39. The smallest absolute Gasteiger partial charge is 0.123 e. The summed E-state index contributed by atoms with van der Waals surface area (Å²) in [5.41, 5.74) is 1.70. The highest BCUT2D eigenvalue weighted by atomic mass is 79.9. The molecule has 0 bridgehead atoms. The van der Waals surface area contributed by atoms with Gasteiger partial charge in [0.25, 0.3) is 0 Å². The number of rotatable bonds is 5. The van der Waals surface area contributed by atoms with Crippen molar-refractivity contribution >= 4 is 15.9 Å². The van der Waals surface area contributed by atoms with Crippen molar-refractivity contribution < 1.29 is 4.74 Å². The van der Waals surface area contributed by atoms with E-state index in [-0.39, 0.29) is 0 Å². The molecule has 0 amide bonds. The second kappa shape index (κ2) is 6.76. The summed E-state index contributed by atoms with van der Waals surface area (Å²) in [6.07, 6.45) is 6.90. The number of methoxy groups -OCH3 is 1. The summed E-state index contributed by atoms with van der Waals surface area (Å²) in [5.74, 6) is 0.962.